The van der Waals surface area contributed by atoms with Crippen molar-refractivity contribution in [3.8, 4) is 0 Å². The maximum Gasteiger partial charge on any atom is 0.417 e. The molecule has 1 saturated heterocycles. The van der Waals surface area contributed by atoms with E-state index >= 15 is 0 Å². The van der Waals surface area contributed by atoms with E-state index in [4.69, 9.17) is 10.9 Å². The molecule has 110 valence electrons. The van der Waals surface area contributed by atoms with Crippen LogP contribution in [-0.2, 0) is 6.18 Å². The number of hydrogen-bond donors (Lipinski definition) is 2. The molecule has 0 aromatic heterocycles. The highest BCUT2D eigenvalue weighted by Gasteiger charge is 2.35. The van der Waals surface area contributed by atoms with Crippen molar-refractivity contribution < 1.29 is 18.4 Å². The molecule has 0 amide bonds. The lowest BCUT2D eigenvalue weighted by molar-refractivity contribution is -0.137. The quantitative estimate of drug-likeness (QED) is 0.380. The minimum absolute atomic E-state index is 0.305. The molecule has 1 aliphatic heterocycles. The van der Waals surface area contributed by atoms with Crippen molar-refractivity contribution >= 4 is 11.5 Å². The molecule has 4 nitrogen and oxygen atoms in total. The molecule has 1 aromatic carbocycles. The third-order valence-corrected chi connectivity index (χ3v) is 3.41. The molecule has 7 heteroatoms. The number of halogens is 3. The van der Waals surface area contributed by atoms with Crippen LogP contribution in [0.15, 0.2) is 23.4 Å². The summed E-state index contributed by atoms with van der Waals surface area (Å²) >= 11 is 0. The minimum Gasteiger partial charge on any atom is -0.409 e. The van der Waals surface area contributed by atoms with Gasteiger partial charge in [-0.25, -0.2) is 0 Å². The number of alkyl halides is 3. The Morgan fingerprint density at radius 1 is 1.20 bits per heavy atom. The van der Waals surface area contributed by atoms with Gasteiger partial charge in [-0.05, 0) is 37.5 Å². The third-order valence-electron chi connectivity index (χ3n) is 3.41. The summed E-state index contributed by atoms with van der Waals surface area (Å²) in [4.78, 5) is 1.93. The number of rotatable bonds is 2. The fourth-order valence-corrected chi connectivity index (χ4v) is 2.39. The molecule has 2 rings (SSSR count). The van der Waals surface area contributed by atoms with Crippen LogP contribution in [0.1, 0.15) is 30.4 Å². The van der Waals surface area contributed by atoms with Crippen LogP contribution in [0.25, 0.3) is 0 Å². The molecule has 3 N–H and O–H groups in total. The number of amidine groups is 1. The predicted molar refractivity (Wildman–Crippen MR) is 70.0 cm³/mol. The first kappa shape index (κ1) is 14.5. The van der Waals surface area contributed by atoms with Crippen molar-refractivity contribution in [3.63, 3.8) is 0 Å². The summed E-state index contributed by atoms with van der Waals surface area (Å²) in [6.45, 7) is 1.50. The van der Waals surface area contributed by atoms with Gasteiger partial charge in [-0.3, -0.25) is 0 Å². The van der Waals surface area contributed by atoms with Gasteiger partial charge in [0.2, 0.25) is 0 Å². The van der Waals surface area contributed by atoms with Crippen LogP contribution in [0, 0.1) is 0 Å². The molecule has 1 fully saturated rings. The molecule has 0 bridgehead atoms. The Hall–Kier alpha value is -1.92. The summed E-state index contributed by atoms with van der Waals surface area (Å²) in [5, 5.41) is 11.2. The highest BCUT2D eigenvalue weighted by Crippen LogP contribution is 2.35. The van der Waals surface area contributed by atoms with Crippen LogP contribution < -0.4 is 10.6 Å². The first-order valence-corrected chi connectivity index (χ1v) is 6.37. The van der Waals surface area contributed by atoms with Gasteiger partial charge in [0, 0.05) is 24.3 Å². The molecular formula is C13H16F3N3O. The van der Waals surface area contributed by atoms with Gasteiger partial charge < -0.3 is 15.8 Å². The fraction of sp³-hybridized carbons (Fsp3) is 0.462. The number of hydrogen-bond acceptors (Lipinski definition) is 3. The Kier molecular flexibility index (Phi) is 4.06. The van der Waals surface area contributed by atoms with Gasteiger partial charge in [0.05, 0.1) is 5.56 Å². The third kappa shape index (κ3) is 2.97. The normalized spacial score (nSPS) is 17.4. The van der Waals surface area contributed by atoms with Crippen LogP contribution in [0.2, 0.25) is 0 Å². The highest BCUT2D eigenvalue weighted by atomic mass is 19.4. The van der Waals surface area contributed by atoms with Gasteiger partial charge in [-0.15, -0.1) is 0 Å². The van der Waals surface area contributed by atoms with Crippen molar-refractivity contribution in [2.45, 2.75) is 25.4 Å². The Morgan fingerprint density at radius 3 is 2.40 bits per heavy atom. The van der Waals surface area contributed by atoms with Crippen molar-refractivity contribution in [1.29, 1.82) is 0 Å². The molecule has 1 aromatic rings. The van der Waals surface area contributed by atoms with Gasteiger partial charge in [0.15, 0.2) is 5.84 Å². The highest BCUT2D eigenvalue weighted by molar-refractivity contribution is 5.99. The number of nitrogens with two attached hydrogens (primary N) is 1. The van der Waals surface area contributed by atoms with E-state index in [9.17, 15) is 13.2 Å². The molecule has 0 unspecified atom stereocenters. The summed E-state index contributed by atoms with van der Waals surface area (Å²) in [5.74, 6) is -0.539. The summed E-state index contributed by atoms with van der Waals surface area (Å²) in [6, 6.07) is 3.90. The van der Waals surface area contributed by atoms with E-state index in [0.717, 1.165) is 38.4 Å². The zero-order valence-electron chi connectivity index (χ0n) is 10.8. The second kappa shape index (κ2) is 5.60. The van der Waals surface area contributed by atoms with Crippen LogP contribution in [0.5, 0.6) is 0 Å². The molecule has 0 saturated carbocycles. The number of anilines is 1. The maximum atomic E-state index is 13.1. The second-order valence-corrected chi connectivity index (χ2v) is 4.76. The minimum atomic E-state index is -4.55. The average Bonchev–Trinajstić information content (AvgIpc) is 2.46. The zero-order valence-corrected chi connectivity index (χ0v) is 10.8. The lowest BCUT2D eigenvalue weighted by Crippen LogP contribution is -2.30. The van der Waals surface area contributed by atoms with Crippen molar-refractivity contribution in [2.75, 3.05) is 18.0 Å². The molecule has 1 heterocycles. The van der Waals surface area contributed by atoms with E-state index in [1.165, 1.54) is 6.07 Å². The van der Waals surface area contributed by atoms with E-state index in [-0.39, 0.29) is 5.56 Å². The summed E-state index contributed by atoms with van der Waals surface area (Å²) in [5.41, 5.74) is 4.64. The number of benzene rings is 1. The van der Waals surface area contributed by atoms with Gasteiger partial charge in [-0.1, -0.05) is 5.16 Å². The maximum absolute atomic E-state index is 13.1. The van der Waals surface area contributed by atoms with E-state index < -0.39 is 17.6 Å². The standard InChI is InChI=1S/C13H16F3N3O/c14-13(15,16)11-8-9(19-6-2-1-3-7-19)4-5-10(11)12(17)18-20/h4-5,8,20H,1-3,6-7H2,(H2,17,18). The van der Waals surface area contributed by atoms with E-state index in [0.29, 0.717) is 5.69 Å². The monoisotopic (exact) mass is 287 g/mol. The molecule has 0 atom stereocenters. The Labute approximate surface area is 114 Å². The Bertz CT molecular complexity index is 508. The molecular weight excluding hydrogens is 271 g/mol. The van der Waals surface area contributed by atoms with Crippen molar-refractivity contribution in [2.24, 2.45) is 10.9 Å². The van der Waals surface area contributed by atoms with Gasteiger partial charge >= 0.3 is 6.18 Å². The summed E-state index contributed by atoms with van der Waals surface area (Å²) < 4.78 is 39.2. The second-order valence-electron chi connectivity index (χ2n) is 4.76. The lowest BCUT2D eigenvalue weighted by atomic mass is 10.0. The topological polar surface area (TPSA) is 61.9 Å². The van der Waals surface area contributed by atoms with Crippen LogP contribution in [-0.4, -0.2) is 24.1 Å². The molecule has 0 radical (unpaired) electrons. The van der Waals surface area contributed by atoms with E-state index in [1.807, 2.05) is 4.90 Å². The predicted octanol–water partition coefficient (Wildman–Crippen LogP) is 2.79. The first-order valence-electron chi connectivity index (χ1n) is 6.37. The van der Waals surface area contributed by atoms with Gasteiger partial charge in [-0.2, -0.15) is 13.2 Å². The Balaban J connectivity index is 2.43. The number of nitrogens with zero attached hydrogens (tertiary/aromatic N) is 2. The molecule has 20 heavy (non-hydrogen) atoms. The van der Waals surface area contributed by atoms with Crippen molar-refractivity contribution in [3.05, 3.63) is 29.3 Å². The van der Waals surface area contributed by atoms with E-state index in [2.05, 4.69) is 5.16 Å². The van der Waals surface area contributed by atoms with Crippen molar-refractivity contribution in [1.82, 2.24) is 0 Å². The molecule has 1 aliphatic rings. The fourth-order valence-electron chi connectivity index (χ4n) is 2.39. The molecule has 0 spiro atoms. The first-order chi connectivity index (χ1) is 9.43. The Morgan fingerprint density at radius 2 is 1.85 bits per heavy atom. The van der Waals surface area contributed by atoms with E-state index in [1.54, 1.807) is 6.07 Å². The zero-order chi connectivity index (χ0) is 14.8. The molecule has 0 aliphatic carbocycles. The summed E-state index contributed by atoms with van der Waals surface area (Å²) in [7, 11) is 0. The number of oxime groups is 1. The SMILES string of the molecule is NC(=NO)c1ccc(N2CCCCC2)cc1C(F)(F)F. The largest absolute Gasteiger partial charge is 0.417 e. The van der Waals surface area contributed by atoms with Crippen LogP contribution >= 0.6 is 0 Å². The van der Waals surface area contributed by atoms with Gasteiger partial charge in [0.1, 0.15) is 0 Å². The smallest absolute Gasteiger partial charge is 0.409 e. The van der Waals surface area contributed by atoms with Gasteiger partial charge in [0.25, 0.3) is 0 Å². The lowest BCUT2D eigenvalue weighted by Gasteiger charge is -2.29. The van der Waals surface area contributed by atoms with Crippen LogP contribution in [0.3, 0.4) is 0 Å². The number of piperidine rings is 1. The summed E-state index contributed by atoms with van der Waals surface area (Å²) in [6.07, 6.45) is -1.49. The van der Waals surface area contributed by atoms with Crippen LogP contribution in [0.4, 0.5) is 18.9 Å². The average molecular weight is 287 g/mol.